The molecule has 0 bridgehead atoms. The Morgan fingerprint density at radius 1 is 1.14 bits per heavy atom. The summed E-state index contributed by atoms with van der Waals surface area (Å²) in [4.78, 5) is 21.1. The summed E-state index contributed by atoms with van der Waals surface area (Å²) in [5.74, 6) is 0.934. The Labute approximate surface area is 160 Å². The van der Waals surface area contributed by atoms with E-state index in [1.54, 1.807) is 12.4 Å². The van der Waals surface area contributed by atoms with Crippen molar-refractivity contribution in [3.8, 4) is 0 Å². The van der Waals surface area contributed by atoms with E-state index in [4.69, 9.17) is 0 Å². The van der Waals surface area contributed by atoms with Crippen LogP contribution >= 0.6 is 0 Å². The lowest BCUT2D eigenvalue weighted by Gasteiger charge is -2.35. The van der Waals surface area contributed by atoms with Gasteiger partial charge in [0.05, 0.1) is 30.3 Å². The Hall–Kier alpha value is -2.88. The summed E-state index contributed by atoms with van der Waals surface area (Å²) in [6.07, 6.45) is 0.302. The molecule has 0 radical (unpaired) electrons. The molecule has 10 heteroatoms. The number of benzene rings is 1. The lowest BCUT2D eigenvalue weighted by molar-refractivity contribution is 0.125. The third kappa shape index (κ3) is 3.72. The second kappa shape index (κ2) is 7.63. The third-order valence-electron chi connectivity index (χ3n) is 5.05. The fourth-order valence-electron chi connectivity index (χ4n) is 3.44. The number of aromatic nitrogens is 5. The van der Waals surface area contributed by atoms with Gasteiger partial charge >= 0.3 is 0 Å². The fraction of sp³-hybridized carbons (Fsp3) is 0.444. The highest BCUT2D eigenvalue weighted by Gasteiger charge is 2.19. The van der Waals surface area contributed by atoms with E-state index < -0.39 is 18.5 Å². The molecule has 0 spiro atoms. The van der Waals surface area contributed by atoms with E-state index in [1.165, 1.54) is 6.33 Å². The number of fused-ring (bicyclic) bond motifs is 1. The first-order chi connectivity index (χ1) is 13.5. The summed E-state index contributed by atoms with van der Waals surface area (Å²) in [6, 6.07) is 5.38. The lowest BCUT2D eigenvalue weighted by atomic mass is 10.2. The first kappa shape index (κ1) is 18.5. The Morgan fingerprint density at radius 3 is 2.61 bits per heavy atom. The van der Waals surface area contributed by atoms with Crippen molar-refractivity contribution in [1.29, 1.82) is 0 Å². The Kier molecular flexibility index (Phi) is 5.03. The predicted molar refractivity (Wildman–Crippen MR) is 101 cm³/mol. The van der Waals surface area contributed by atoms with Crippen LogP contribution in [0.2, 0.25) is 0 Å². The Balaban J connectivity index is 1.46. The third-order valence-corrected chi connectivity index (χ3v) is 5.05. The Morgan fingerprint density at radius 2 is 1.93 bits per heavy atom. The van der Waals surface area contributed by atoms with E-state index in [-0.39, 0.29) is 0 Å². The maximum Gasteiger partial charge on any atom is 0.261 e. The zero-order valence-corrected chi connectivity index (χ0v) is 15.5. The summed E-state index contributed by atoms with van der Waals surface area (Å²) in [5, 5.41) is 8.39. The molecule has 0 atom stereocenters. The average molecular weight is 389 g/mol. The van der Waals surface area contributed by atoms with Crippen LogP contribution in [0, 0.1) is 0 Å². The number of nitrogens with zero attached hydrogens (tertiary/aromatic N) is 7. The largest absolute Gasteiger partial charge is 0.369 e. The van der Waals surface area contributed by atoms with Crippen molar-refractivity contribution >= 4 is 16.6 Å². The monoisotopic (exact) mass is 389 g/mol. The van der Waals surface area contributed by atoms with Crippen molar-refractivity contribution in [2.24, 2.45) is 7.05 Å². The molecule has 3 heterocycles. The van der Waals surface area contributed by atoms with Crippen molar-refractivity contribution in [2.45, 2.75) is 19.5 Å². The summed E-state index contributed by atoms with van der Waals surface area (Å²) in [6.45, 7) is 3.56. The minimum atomic E-state index is -2.59. The van der Waals surface area contributed by atoms with Gasteiger partial charge in [0.2, 0.25) is 0 Å². The number of hydrogen-bond donors (Lipinski definition) is 0. The van der Waals surface area contributed by atoms with Gasteiger partial charge in [-0.2, -0.15) is 0 Å². The molecule has 1 aliphatic rings. The lowest BCUT2D eigenvalue weighted by Crippen LogP contribution is -2.46. The standard InChI is InChI=1S/C18H21F2N7O/c1-24-12-22-23-17(24)10-25-4-6-26(7-5-25)13-2-3-14-15(8-13)21-11-27(18(14)28)9-16(19)20/h2-3,8,11-12,16H,4-7,9-10H2,1H3. The number of hydrogen-bond acceptors (Lipinski definition) is 6. The number of rotatable bonds is 5. The molecule has 0 N–H and O–H groups in total. The first-order valence-electron chi connectivity index (χ1n) is 9.09. The van der Waals surface area contributed by atoms with Crippen LogP contribution in [0.15, 0.2) is 35.6 Å². The molecular weight excluding hydrogens is 368 g/mol. The molecule has 1 saturated heterocycles. The molecule has 1 aromatic carbocycles. The maximum atomic E-state index is 12.6. The average Bonchev–Trinajstić information content (AvgIpc) is 3.09. The van der Waals surface area contributed by atoms with Crippen LogP contribution in [-0.4, -0.2) is 61.8 Å². The number of anilines is 1. The van der Waals surface area contributed by atoms with Crippen molar-refractivity contribution in [2.75, 3.05) is 31.1 Å². The minimum Gasteiger partial charge on any atom is -0.369 e. The highest BCUT2D eigenvalue weighted by atomic mass is 19.3. The van der Waals surface area contributed by atoms with Gasteiger partial charge in [-0.05, 0) is 18.2 Å². The number of aryl methyl sites for hydroxylation is 1. The SMILES string of the molecule is Cn1cnnc1CN1CCN(c2ccc3c(=O)n(CC(F)F)cnc3c2)CC1. The molecule has 0 amide bonds. The molecule has 4 rings (SSSR count). The van der Waals surface area contributed by atoms with E-state index in [2.05, 4.69) is 25.0 Å². The normalized spacial score (nSPS) is 15.6. The van der Waals surface area contributed by atoms with Gasteiger partial charge in [0.1, 0.15) is 12.2 Å². The van der Waals surface area contributed by atoms with Gasteiger partial charge in [-0.15, -0.1) is 10.2 Å². The van der Waals surface area contributed by atoms with E-state index in [9.17, 15) is 13.6 Å². The van der Waals surface area contributed by atoms with Gasteiger partial charge in [0, 0.05) is 38.9 Å². The summed E-state index contributed by atoms with van der Waals surface area (Å²) >= 11 is 0. The number of piperazine rings is 1. The molecule has 2 aromatic heterocycles. The van der Waals surface area contributed by atoms with Crippen molar-refractivity contribution in [3.63, 3.8) is 0 Å². The predicted octanol–water partition coefficient (Wildman–Crippen LogP) is 1.11. The van der Waals surface area contributed by atoms with Gasteiger partial charge in [-0.25, -0.2) is 13.8 Å². The quantitative estimate of drug-likeness (QED) is 0.651. The molecule has 8 nitrogen and oxygen atoms in total. The highest BCUT2D eigenvalue weighted by molar-refractivity contribution is 5.81. The van der Waals surface area contributed by atoms with Gasteiger partial charge < -0.3 is 9.47 Å². The van der Waals surface area contributed by atoms with Crippen LogP contribution in [0.25, 0.3) is 10.9 Å². The Bertz CT molecular complexity index is 1020. The van der Waals surface area contributed by atoms with Crippen LogP contribution in [0.5, 0.6) is 0 Å². The van der Waals surface area contributed by atoms with Crippen LogP contribution in [-0.2, 0) is 20.1 Å². The molecular formula is C18H21F2N7O. The molecule has 148 valence electrons. The molecule has 1 fully saturated rings. The van der Waals surface area contributed by atoms with E-state index >= 15 is 0 Å². The van der Waals surface area contributed by atoms with Gasteiger partial charge in [-0.1, -0.05) is 0 Å². The van der Waals surface area contributed by atoms with Gasteiger partial charge in [-0.3, -0.25) is 14.3 Å². The molecule has 0 aliphatic carbocycles. The van der Waals surface area contributed by atoms with Crippen LogP contribution < -0.4 is 10.5 Å². The molecule has 1 aliphatic heterocycles. The van der Waals surface area contributed by atoms with E-state index in [0.29, 0.717) is 10.9 Å². The van der Waals surface area contributed by atoms with E-state index in [0.717, 1.165) is 48.8 Å². The molecule has 3 aromatic rings. The molecule has 0 unspecified atom stereocenters. The summed E-state index contributed by atoms with van der Waals surface area (Å²) < 4.78 is 28.0. The molecule has 0 saturated carbocycles. The fourth-order valence-corrected chi connectivity index (χ4v) is 3.44. The van der Waals surface area contributed by atoms with Crippen LogP contribution in [0.3, 0.4) is 0 Å². The van der Waals surface area contributed by atoms with Crippen molar-refractivity contribution in [1.82, 2.24) is 29.2 Å². The zero-order valence-electron chi connectivity index (χ0n) is 15.5. The number of alkyl halides is 2. The van der Waals surface area contributed by atoms with Gasteiger partial charge in [0.25, 0.3) is 12.0 Å². The second-order valence-corrected chi connectivity index (χ2v) is 6.92. The van der Waals surface area contributed by atoms with Gasteiger partial charge in [0.15, 0.2) is 0 Å². The summed E-state index contributed by atoms with van der Waals surface area (Å²) in [7, 11) is 1.93. The van der Waals surface area contributed by atoms with Crippen molar-refractivity contribution in [3.05, 3.63) is 47.0 Å². The number of halogens is 2. The zero-order chi connectivity index (χ0) is 19.7. The first-order valence-corrected chi connectivity index (χ1v) is 9.09. The van der Waals surface area contributed by atoms with E-state index in [1.807, 2.05) is 23.7 Å². The molecule has 28 heavy (non-hydrogen) atoms. The maximum absolute atomic E-state index is 12.6. The van der Waals surface area contributed by atoms with Crippen molar-refractivity contribution < 1.29 is 8.78 Å². The topological polar surface area (TPSA) is 72.1 Å². The minimum absolute atomic E-state index is 0.354. The highest BCUT2D eigenvalue weighted by Crippen LogP contribution is 2.21. The summed E-state index contributed by atoms with van der Waals surface area (Å²) in [5.41, 5.74) is 1.06. The smallest absolute Gasteiger partial charge is 0.261 e. The second-order valence-electron chi connectivity index (χ2n) is 6.92. The van der Waals surface area contributed by atoms with Crippen LogP contribution in [0.4, 0.5) is 14.5 Å². The van der Waals surface area contributed by atoms with Crippen LogP contribution in [0.1, 0.15) is 5.82 Å².